The van der Waals surface area contributed by atoms with Gasteiger partial charge in [-0.3, -0.25) is 0 Å². The number of hydrogen-bond acceptors (Lipinski definition) is 0. The van der Waals surface area contributed by atoms with Crippen LogP contribution in [0.25, 0.3) is 0 Å². The summed E-state index contributed by atoms with van der Waals surface area (Å²) in [6.07, 6.45) is 6.15. The van der Waals surface area contributed by atoms with Crippen LogP contribution >= 0.6 is 15.3 Å². The lowest BCUT2D eigenvalue weighted by atomic mass is 10.2. The Bertz CT molecular complexity index is 282. The molecule has 0 spiro atoms. The zero-order valence-electron chi connectivity index (χ0n) is 9.25. The topological polar surface area (TPSA) is 0 Å². The molecule has 0 fully saturated rings. The molecular weight excluding hydrogens is 264 g/mol. The number of hydrogen-bond donors (Lipinski definition) is 0. The van der Waals surface area contributed by atoms with E-state index in [1.807, 2.05) is 0 Å². The van der Waals surface area contributed by atoms with E-state index in [2.05, 4.69) is 64.3 Å². The van der Waals surface area contributed by atoms with Crippen molar-refractivity contribution in [3.63, 3.8) is 0 Å². The maximum atomic E-state index is 3.78. The Morgan fingerprint density at radius 2 is 2.00 bits per heavy atom. The van der Waals surface area contributed by atoms with Gasteiger partial charge in [0.2, 0.25) is 0 Å². The fraction of sp³-hybridized carbons (Fsp3) is 0.385. The van der Waals surface area contributed by atoms with Crippen molar-refractivity contribution in [1.82, 2.24) is 0 Å². The second-order valence-corrected chi connectivity index (χ2v) is 8.29. The van der Waals surface area contributed by atoms with Gasteiger partial charge in [-0.05, 0) is 18.0 Å². The van der Waals surface area contributed by atoms with Crippen LogP contribution in [0.1, 0.15) is 31.7 Å². The van der Waals surface area contributed by atoms with E-state index in [0.717, 1.165) is 0 Å². The number of benzene rings is 1. The van der Waals surface area contributed by atoms with Crippen LogP contribution in [0, 0.1) is 0 Å². The summed E-state index contributed by atoms with van der Waals surface area (Å²) in [4.78, 5) is 0. The molecule has 0 saturated carbocycles. The fourth-order valence-corrected chi connectivity index (χ4v) is 4.08. The zero-order chi connectivity index (χ0) is 10.9. The van der Waals surface area contributed by atoms with E-state index in [-0.39, 0.29) is 0 Å². The average molecular weight is 282 g/mol. The minimum atomic E-state index is -0.491. The van der Waals surface area contributed by atoms with Crippen molar-refractivity contribution in [3.8, 4) is 0 Å². The van der Waals surface area contributed by atoms with E-state index in [0.29, 0.717) is 0 Å². The highest BCUT2D eigenvalue weighted by Crippen LogP contribution is 2.08. The van der Waals surface area contributed by atoms with Gasteiger partial charge in [0.1, 0.15) is 0 Å². The first-order valence-corrected chi connectivity index (χ1v) is 9.59. The SMILES string of the molecule is CCCCC=C[Si](Br)Cc1ccccc1. The Morgan fingerprint density at radius 1 is 1.27 bits per heavy atom. The Morgan fingerprint density at radius 3 is 2.67 bits per heavy atom. The third-order valence-electron chi connectivity index (χ3n) is 2.24. The number of unbranched alkanes of at least 4 members (excludes halogenated alkanes) is 2. The predicted octanol–water partition coefficient (Wildman–Crippen LogP) is 4.44. The Hall–Kier alpha value is -0.343. The molecule has 0 atom stereocenters. The van der Waals surface area contributed by atoms with E-state index in [1.165, 1.54) is 30.9 Å². The highest BCUT2D eigenvalue weighted by molar-refractivity contribution is 9.24. The van der Waals surface area contributed by atoms with Crippen molar-refractivity contribution < 1.29 is 0 Å². The molecule has 0 nitrogen and oxygen atoms in total. The molecule has 1 aromatic carbocycles. The first-order chi connectivity index (χ1) is 7.33. The van der Waals surface area contributed by atoms with Crippen LogP contribution in [-0.2, 0) is 6.04 Å². The molecule has 2 heteroatoms. The van der Waals surface area contributed by atoms with Gasteiger partial charge in [-0.2, -0.15) is 0 Å². The van der Waals surface area contributed by atoms with Gasteiger partial charge < -0.3 is 0 Å². The normalized spacial score (nSPS) is 11.4. The Balaban J connectivity index is 2.30. The van der Waals surface area contributed by atoms with Crippen molar-refractivity contribution in [1.29, 1.82) is 0 Å². The molecule has 0 heterocycles. The molecule has 0 aliphatic heterocycles. The van der Waals surface area contributed by atoms with Crippen LogP contribution in [0.5, 0.6) is 0 Å². The number of allylic oxidation sites excluding steroid dienone is 1. The maximum absolute atomic E-state index is 3.78. The van der Waals surface area contributed by atoms with Crippen molar-refractivity contribution in [3.05, 3.63) is 47.7 Å². The molecule has 15 heavy (non-hydrogen) atoms. The van der Waals surface area contributed by atoms with Gasteiger partial charge in [0, 0.05) is 0 Å². The van der Waals surface area contributed by atoms with Crippen LogP contribution in [0.3, 0.4) is 0 Å². The van der Waals surface area contributed by atoms with Gasteiger partial charge in [-0.25, -0.2) is 0 Å². The van der Waals surface area contributed by atoms with Crippen LogP contribution in [-0.4, -0.2) is 7.42 Å². The third kappa shape index (κ3) is 5.95. The quantitative estimate of drug-likeness (QED) is 0.411. The predicted molar refractivity (Wildman–Crippen MR) is 73.5 cm³/mol. The molecule has 0 amide bonds. The first-order valence-electron chi connectivity index (χ1n) is 5.54. The molecule has 1 rings (SSSR count). The average Bonchev–Trinajstić information content (AvgIpc) is 2.26. The minimum absolute atomic E-state index is 0.491. The summed E-state index contributed by atoms with van der Waals surface area (Å²) in [6.45, 7) is 2.23. The highest BCUT2D eigenvalue weighted by atomic mass is 79.9. The smallest absolute Gasteiger partial charge is 0.122 e. The lowest BCUT2D eigenvalue weighted by Crippen LogP contribution is -2.04. The summed E-state index contributed by atoms with van der Waals surface area (Å²) >= 11 is 3.78. The van der Waals surface area contributed by atoms with E-state index in [4.69, 9.17) is 0 Å². The standard InChI is InChI=1S/C13H18BrSi/c1-2-3-4-8-11-15(14)12-13-9-6-5-7-10-13/h5-11H,2-4,12H2,1H3. The lowest BCUT2D eigenvalue weighted by Gasteiger charge is -2.01. The zero-order valence-corrected chi connectivity index (χ0v) is 11.8. The summed E-state index contributed by atoms with van der Waals surface area (Å²) in [5, 5.41) is 0. The van der Waals surface area contributed by atoms with E-state index in [1.54, 1.807) is 0 Å². The number of halogens is 1. The van der Waals surface area contributed by atoms with Crippen molar-refractivity contribution >= 4 is 22.7 Å². The summed E-state index contributed by atoms with van der Waals surface area (Å²) < 4.78 is 0. The first kappa shape index (κ1) is 12.7. The highest BCUT2D eigenvalue weighted by Gasteiger charge is 2.02. The summed E-state index contributed by atoms with van der Waals surface area (Å²) in [5.41, 5.74) is 3.80. The van der Waals surface area contributed by atoms with Gasteiger partial charge in [0.25, 0.3) is 0 Å². The Labute approximate surface area is 103 Å². The molecule has 0 aromatic heterocycles. The molecular formula is C13H18BrSi. The van der Waals surface area contributed by atoms with Crippen LogP contribution in [0.15, 0.2) is 42.1 Å². The Kier molecular flexibility index (Phi) is 6.69. The van der Waals surface area contributed by atoms with E-state index < -0.39 is 7.42 Å². The monoisotopic (exact) mass is 281 g/mol. The summed E-state index contributed by atoms with van der Waals surface area (Å²) in [6, 6.07) is 11.9. The molecule has 0 aliphatic rings. The van der Waals surface area contributed by atoms with Gasteiger partial charge in [-0.1, -0.05) is 61.9 Å². The molecule has 0 saturated heterocycles. The van der Waals surface area contributed by atoms with Crippen LogP contribution in [0.4, 0.5) is 0 Å². The molecule has 0 unspecified atom stereocenters. The van der Waals surface area contributed by atoms with Gasteiger partial charge in [0.15, 0.2) is 7.42 Å². The molecule has 1 radical (unpaired) electrons. The van der Waals surface area contributed by atoms with Crippen molar-refractivity contribution in [2.45, 2.75) is 32.2 Å². The van der Waals surface area contributed by atoms with Crippen LogP contribution < -0.4 is 0 Å². The molecule has 0 bridgehead atoms. The van der Waals surface area contributed by atoms with Crippen molar-refractivity contribution in [2.24, 2.45) is 0 Å². The van der Waals surface area contributed by atoms with Crippen LogP contribution in [0.2, 0.25) is 0 Å². The third-order valence-corrected chi connectivity index (χ3v) is 5.22. The van der Waals surface area contributed by atoms with Gasteiger partial charge in [0.05, 0.1) is 0 Å². The molecule has 1 aromatic rings. The summed E-state index contributed by atoms with van der Waals surface area (Å²) in [7, 11) is -0.491. The summed E-state index contributed by atoms with van der Waals surface area (Å²) in [5.74, 6) is 0. The second kappa shape index (κ2) is 7.89. The molecule has 81 valence electrons. The van der Waals surface area contributed by atoms with Gasteiger partial charge >= 0.3 is 0 Å². The van der Waals surface area contributed by atoms with Crippen molar-refractivity contribution in [2.75, 3.05) is 0 Å². The van der Waals surface area contributed by atoms with Gasteiger partial charge in [-0.15, -0.1) is 15.3 Å². The van der Waals surface area contributed by atoms with E-state index in [9.17, 15) is 0 Å². The van der Waals surface area contributed by atoms with E-state index >= 15 is 0 Å². The fourth-order valence-electron chi connectivity index (χ4n) is 1.38. The lowest BCUT2D eigenvalue weighted by molar-refractivity contribution is 0.815. The second-order valence-electron chi connectivity index (χ2n) is 3.65. The largest absolute Gasteiger partial charge is 0.166 e. The number of rotatable bonds is 6. The molecule has 0 N–H and O–H groups in total. The molecule has 0 aliphatic carbocycles. The maximum Gasteiger partial charge on any atom is 0.166 e. The minimum Gasteiger partial charge on any atom is -0.122 e.